The van der Waals surface area contributed by atoms with Gasteiger partial charge >= 0.3 is 0 Å². The molecule has 0 aromatic carbocycles. The summed E-state index contributed by atoms with van der Waals surface area (Å²) >= 11 is 0. The van der Waals surface area contributed by atoms with Crippen molar-refractivity contribution in [3.8, 4) is 0 Å². The SMILES string of the molecule is CC(C1CC1)n1nccc1NC(=O)CCCCCCN. The average molecular weight is 278 g/mol. The molecule has 3 N–H and O–H groups in total. The molecule has 1 saturated carbocycles. The Kier molecular flexibility index (Phi) is 5.59. The van der Waals surface area contributed by atoms with E-state index in [1.165, 1.54) is 12.8 Å². The van der Waals surface area contributed by atoms with Crippen molar-refractivity contribution in [3.63, 3.8) is 0 Å². The van der Waals surface area contributed by atoms with Crippen molar-refractivity contribution in [3.05, 3.63) is 12.3 Å². The zero-order valence-electron chi connectivity index (χ0n) is 12.3. The van der Waals surface area contributed by atoms with Crippen LogP contribution in [-0.2, 0) is 4.79 Å². The first-order valence-corrected chi connectivity index (χ1v) is 7.76. The quantitative estimate of drug-likeness (QED) is 0.682. The average Bonchev–Trinajstić information content (AvgIpc) is 3.18. The van der Waals surface area contributed by atoms with E-state index >= 15 is 0 Å². The fraction of sp³-hybridized carbons (Fsp3) is 0.733. The van der Waals surface area contributed by atoms with Crippen molar-refractivity contribution in [1.29, 1.82) is 0 Å². The predicted octanol–water partition coefficient (Wildman–Crippen LogP) is 2.70. The van der Waals surface area contributed by atoms with Crippen molar-refractivity contribution in [2.75, 3.05) is 11.9 Å². The number of nitrogens with two attached hydrogens (primary N) is 1. The topological polar surface area (TPSA) is 72.9 Å². The van der Waals surface area contributed by atoms with Crippen LogP contribution in [0.1, 0.15) is 57.9 Å². The summed E-state index contributed by atoms with van der Waals surface area (Å²) in [5.41, 5.74) is 5.45. The molecule has 112 valence electrons. The summed E-state index contributed by atoms with van der Waals surface area (Å²) in [4.78, 5) is 11.9. The largest absolute Gasteiger partial charge is 0.330 e. The smallest absolute Gasteiger partial charge is 0.225 e. The minimum absolute atomic E-state index is 0.0856. The molecule has 1 unspecified atom stereocenters. The highest BCUT2D eigenvalue weighted by molar-refractivity contribution is 5.89. The number of nitrogens with zero attached hydrogens (tertiary/aromatic N) is 2. The van der Waals surface area contributed by atoms with E-state index in [1.807, 2.05) is 10.7 Å². The third-order valence-electron chi connectivity index (χ3n) is 3.99. The van der Waals surface area contributed by atoms with Crippen LogP contribution < -0.4 is 11.1 Å². The van der Waals surface area contributed by atoms with Gasteiger partial charge in [-0.25, -0.2) is 4.68 Å². The molecule has 1 aromatic rings. The van der Waals surface area contributed by atoms with Gasteiger partial charge in [0, 0.05) is 12.5 Å². The van der Waals surface area contributed by atoms with Crippen LogP contribution in [0, 0.1) is 5.92 Å². The molecular formula is C15H26N4O. The minimum atomic E-state index is 0.0856. The van der Waals surface area contributed by atoms with Crippen molar-refractivity contribution in [2.24, 2.45) is 11.7 Å². The fourth-order valence-electron chi connectivity index (χ4n) is 2.50. The molecule has 5 heteroatoms. The van der Waals surface area contributed by atoms with Crippen molar-refractivity contribution in [2.45, 2.75) is 57.9 Å². The lowest BCUT2D eigenvalue weighted by Crippen LogP contribution is -2.18. The molecule has 0 aliphatic heterocycles. The number of unbranched alkanes of at least 4 members (excludes halogenated alkanes) is 3. The van der Waals surface area contributed by atoms with Crippen LogP contribution in [0.15, 0.2) is 12.3 Å². The Labute approximate surface area is 120 Å². The summed E-state index contributed by atoms with van der Waals surface area (Å²) in [5, 5.41) is 7.32. The Morgan fingerprint density at radius 2 is 2.20 bits per heavy atom. The van der Waals surface area contributed by atoms with Crippen molar-refractivity contribution < 1.29 is 4.79 Å². The maximum Gasteiger partial charge on any atom is 0.225 e. The zero-order chi connectivity index (χ0) is 14.4. The molecule has 1 aromatic heterocycles. The highest BCUT2D eigenvalue weighted by atomic mass is 16.1. The number of anilines is 1. The molecule has 5 nitrogen and oxygen atoms in total. The molecule has 0 saturated heterocycles. The number of carbonyl (C=O) groups excluding carboxylic acids is 1. The van der Waals surface area contributed by atoms with Gasteiger partial charge in [0.25, 0.3) is 0 Å². The van der Waals surface area contributed by atoms with Gasteiger partial charge in [-0.05, 0) is 45.1 Å². The van der Waals surface area contributed by atoms with E-state index < -0.39 is 0 Å². The van der Waals surface area contributed by atoms with E-state index in [2.05, 4.69) is 17.3 Å². The predicted molar refractivity (Wildman–Crippen MR) is 80.4 cm³/mol. The maximum atomic E-state index is 11.9. The molecular weight excluding hydrogens is 252 g/mol. The highest BCUT2D eigenvalue weighted by Crippen LogP contribution is 2.40. The molecule has 0 spiro atoms. The molecule has 1 aliphatic rings. The molecule has 2 rings (SSSR count). The first-order chi connectivity index (χ1) is 9.72. The summed E-state index contributed by atoms with van der Waals surface area (Å²) in [6, 6.07) is 2.26. The van der Waals surface area contributed by atoms with E-state index in [4.69, 9.17) is 5.73 Å². The Hall–Kier alpha value is -1.36. The summed E-state index contributed by atoms with van der Waals surface area (Å²) in [5.74, 6) is 1.64. The van der Waals surface area contributed by atoms with Gasteiger partial charge in [0.2, 0.25) is 5.91 Å². The zero-order valence-corrected chi connectivity index (χ0v) is 12.3. The summed E-state index contributed by atoms with van der Waals surface area (Å²) in [6.07, 6.45) is 9.04. The van der Waals surface area contributed by atoms with Crippen LogP contribution in [0.2, 0.25) is 0 Å². The Bertz CT molecular complexity index is 425. The fourth-order valence-corrected chi connectivity index (χ4v) is 2.50. The lowest BCUT2D eigenvalue weighted by molar-refractivity contribution is -0.116. The van der Waals surface area contributed by atoms with E-state index in [-0.39, 0.29) is 5.91 Å². The molecule has 1 fully saturated rings. The summed E-state index contributed by atoms with van der Waals surface area (Å²) in [7, 11) is 0. The van der Waals surface area contributed by atoms with Crippen molar-refractivity contribution >= 4 is 11.7 Å². The maximum absolute atomic E-state index is 11.9. The minimum Gasteiger partial charge on any atom is -0.330 e. The van der Waals surface area contributed by atoms with Crippen LogP contribution in [-0.4, -0.2) is 22.2 Å². The summed E-state index contributed by atoms with van der Waals surface area (Å²) in [6.45, 7) is 2.91. The van der Waals surface area contributed by atoms with Crippen LogP contribution >= 0.6 is 0 Å². The third-order valence-corrected chi connectivity index (χ3v) is 3.99. The van der Waals surface area contributed by atoms with Gasteiger partial charge in [-0.1, -0.05) is 12.8 Å². The first kappa shape index (κ1) is 15.0. The van der Waals surface area contributed by atoms with Crippen LogP contribution in [0.4, 0.5) is 5.82 Å². The van der Waals surface area contributed by atoms with Gasteiger partial charge in [0.15, 0.2) is 0 Å². The van der Waals surface area contributed by atoms with E-state index in [1.54, 1.807) is 6.20 Å². The van der Waals surface area contributed by atoms with Crippen LogP contribution in [0.5, 0.6) is 0 Å². The molecule has 1 heterocycles. The Morgan fingerprint density at radius 1 is 1.45 bits per heavy atom. The first-order valence-electron chi connectivity index (χ1n) is 7.76. The van der Waals surface area contributed by atoms with Crippen LogP contribution in [0.25, 0.3) is 0 Å². The van der Waals surface area contributed by atoms with E-state index in [0.717, 1.165) is 44.0 Å². The van der Waals surface area contributed by atoms with Gasteiger partial charge in [-0.15, -0.1) is 0 Å². The molecule has 1 atom stereocenters. The molecule has 1 amide bonds. The second-order valence-electron chi connectivity index (χ2n) is 5.74. The number of carbonyl (C=O) groups is 1. The number of amides is 1. The van der Waals surface area contributed by atoms with Crippen LogP contribution in [0.3, 0.4) is 0 Å². The number of aromatic nitrogens is 2. The van der Waals surface area contributed by atoms with Gasteiger partial charge in [-0.3, -0.25) is 4.79 Å². The standard InChI is InChI=1S/C15H26N4O/c1-12(13-7-8-13)19-14(9-11-17-19)18-15(20)6-4-2-3-5-10-16/h9,11-13H,2-8,10,16H2,1H3,(H,18,20). The van der Waals surface area contributed by atoms with Gasteiger partial charge < -0.3 is 11.1 Å². The normalized spacial score (nSPS) is 16.1. The Balaban J connectivity index is 1.75. The number of rotatable bonds is 9. The van der Waals surface area contributed by atoms with E-state index in [0.29, 0.717) is 12.5 Å². The van der Waals surface area contributed by atoms with Crippen molar-refractivity contribution in [1.82, 2.24) is 9.78 Å². The molecule has 20 heavy (non-hydrogen) atoms. The molecule has 0 radical (unpaired) electrons. The molecule has 1 aliphatic carbocycles. The monoisotopic (exact) mass is 278 g/mol. The van der Waals surface area contributed by atoms with Gasteiger partial charge in [0.1, 0.15) is 5.82 Å². The molecule has 0 bridgehead atoms. The number of hydrogen-bond donors (Lipinski definition) is 2. The Morgan fingerprint density at radius 3 is 2.90 bits per heavy atom. The lowest BCUT2D eigenvalue weighted by Gasteiger charge is -2.15. The highest BCUT2D eigenvalue weighted by Gasteiger charge is 2.30. The van der Waals surface area contributed by atoms with Gasteiger partial charge in [0.05, 0.1) is 12.2 Å². The van der Waals surface area contributed by atoms with Gasteiger partial charge in [-0.2, -0.15) is 5.10 Å². The number of nitrogens with one attached hydrogen (secondary N) is 1. The third kappa shape index (κ3) is 4.34. The second-order valence-corrected chi connectivity index (χ2v) is 5.74. The lowest BCUT2D eigenvalue weighted by atomic mass is 10.1. The summed E-state index contributed by atoms with van der Waals surface area (Å²) < 4.78 is 1.95. The van der Waals surface area contributed by atoms with E-state index in [9.17, 15) is 4.79 Å². The second kappa shape index (κ2) is 7.43. The number of hydrogen-bond acceptors (Lipinski definition) is 3.